The Morgan fingerprint density at radius 2 is 2.29 bits per heavy atom. The van der Waals surface area contributed by atoms with Gasteiger partial charge in [-0.15, -0.1) is 0 Å². The van der Waals surface area contributed by atoms with Gasteiger partial charge in [-0.25, -0.2) is 0 Å². The highest BCUT2D eigenvalue weighted by molar-refractivity contribution is 6.31. The standard InChI is InChI=1S/C13H15ClN2O/c1-2-16(8-4-7-15)10-13(17)11-5-3-6-12(14)9-11/h3,5-6,9H,2,4,8,10H2,1H3. The molecule has 1 aromatic carbocycles. The molecule has 4 heteroatoms. The van der Waals surface area contributed by atoms with E-state index >= 15 is 0 Å². The van der Waals surface area contributed by atoms with E-state index in [0.29, 0.717) is 30.1 Å². The number of Topliss-reactive ketones (excluding diaryl/α,β-unsaturated/α-hetero) is 1. The highest BCUT2D eigenvalue weighted by atomic mass is 35.5. The molecule has 0 radical (unpaired) electrons. The van der Waals surface area contributed by atoms with E-state index in [1.807, 2.05) is 11.8 Å². The fourth-order valence-electron chi connectivity index (χ4n) is 1.51. The van der Waals surface area contributed by atoms with Gasteiger partial charge in [-0.1, -0.05) is 30.7 Å². The Kier molecular flexibility index (Phi) is 5.68. The summed E-state index contributed by atoms with van der Waals surface area (Å²) in [5.41, 5.74) is 0.618. The summed E-state index contributed by atoms with van der Waals surface area (Å²) in [6.45, 7) is 3.69. The van der Waals surface area contributed by atoms with Crippen LogP contribution in [0.5, 0.6) is 0 Å². The van der Waals surface area contributed by atoms with Crippen molar-refractivity contribution in [2.45, 2.75) is 13.3 Å². The number of ketones is 1. The number of halogens is 1. The van der Waals surface area contributed by atoms with Crippen LogP contribution in [-0.4, -0.2) is 30.3 Å². The van der Waals surface area contributed by atoms with Gasteiger partial charge in [-0.3, -0.25) is 9.69 Å². The van der Waals surface area contributed by atoms with Crippen molar-refractivity contribution in [1.29, 1.82) is 5.26 Å². The number of hydrogen-bond acceptors (Lipinski definition) is 3. The van der Waals surface area contributed by atoms with Gasteiger partial charge in [-0.05, 0) is 18.7 Å². The molecular weight excluding hydrogens is 236 g/mol. The molecule has 0 unspecified atom stereocenters. The highest BCUT2D eigenvalue weighted by Gasteiger charge is 2.11. The van der Waals surface area contributed by atoms with Crippen LogP contribution in [-0.2, 0) is 0 Å². The number of nitrogens with zero attached hydrogens (tertiary/aromatic N) is 2. The molecule has 0 heterocycles. The summed E-state index contributed by atoms with van der Waals surface area (Å²) in [5.74, 6) is 0.0345. The molecule has 0 bridgehead atoms. The average molecular weight is 251 g/mol. The normalized spacial score (nSPS) is 10.2. The van der Waals surface area contributed by atoms with E-state index in [2.05, 4.69) is 6.07 Å². The maximum atomic E-state index is 11.9. The fraction of sp³-hybridized carbons (Fsp3) is 0.385. The molecule has 17 heavy (non-hydrogen) atoms. The van der Waals surface area contributed by atoms with E-state index in [1.54, 1.807) is 24.3 Å². The van der Waals surface area contributed by atoms with Crippen molar-refractivity contribution in [2.24, 2.45) is 0 Å². The lowest BCUT2D eigenvalue weighted by atomic mass is 10.1. The van der Waals surface area contributed by atoms with Crippen LogP contribution in [0.3, 0.4) is 0 Å². The van der Waals surface area contributed by atoms with Crippen molar-refractivity contribution in [3.63, 3.8) is 0 Å². The van der Waals surface area contributed by atoms with Crippen molar-refractivity contribution >= 4 is 17.4 Å². The van der Waals surface area contributed by atoms with Gasteiger partial charge in [0.05, 0.1) is 12.6 Å². The minimum Gasteiger partial charge on any atom is -0.295 e. The highest BCUT2D eigenvalue weighted by Crippen LogP contribution is 2.11. The third-order valence-corrected chi connectivity index (χ3v) is 2.74. The van der Waals surface area contributed by atoms with Gasteiger partial charge >= 0.3 is 0 Å². The van der Waals surface area contributed by atoms with E-state index in [1.165, 1.54) is 0 Å². The molecular formula is C13H15ClN2O. The van der Waals surface area contributed by atoms with Crippen LogP contribution in [0, 0.1) is 11.3 Å². The van der Waals surface area contributed by atoms with E-state index in [0.717, 1.165) is 6.54 Å². The van der Waals surface area contributed by atoms with Gasteiger partial charge in [0.2, 0.25) is 0 Å². The molecule has 0 atom stereocenters. The zero-order valence-electron chi connectivity index (χ0n) is 9.82. The molecule has 0 fully saturated rings. The summed E-state index contributed by atoms with van der Waals surface area (Å²) in [6.07, 6.45) is 0.441. The molecule has 3 nitrogen and oxygen atoms in total. The molecule has 0 N–H and O–H groups in total. The van der Waals surface area contributed by atoms with Gasteiger partial charge < -0.3 is 0 Å². The first-order chi connectivity index (χ1) is 8.17. The number of carbonyl (C=O) groups excluding carboxylic acids is 1. The van der Waals surface area contributed by atoms with Gasteiger partial charge in [0.25, 0.3) is 0 Å². The van der Waals surface area contributed by atoms with Crippen LogP contribution in [0.2, 0.25) is 5.02 Å². The second-order valence-corrected chi connectivity index (χ2v) is 4.15. The number of likely N-dealkylation sites (N-methyl/N-ethyl adjacent to an activating group) is 1. The molecule has 0 aromatic heterocycles. The van der Waals surface area contributed by atoms with Gasteiger partial charge in [0.1, 0.15) is 0 Å². The summed E-state index contributed by atoms with van der Waals surface area (Å²) < 4.78 is 0. The SMILES string of the molecule is CCN(CCC#N)CC(=O)c1cccc(Cl)c1. The summed E-state index contributed by atoms with van der Waals surface area (Å²) in [7, 11) is 0. The maximum Gasteiger partial charge on any atom is 0.176 e. The smallest absolute Gasteiger partial charge is 0.176 e. The Hall–Kier alpha value is -1.37. The molecule has 0 aliphatic rings. The van der Waals surface area contributed by atoms with E-state index in [9.17, 15) is 4.79 Å². The van der Waals surface area contributed by atoms with Gasteiger partial charge in [0, 0.05) is 23.6 Å². The van der Waals surface area contributed by atoms with Crippen LogP contribution >= 0.6 is 11.6 Å². The van der Waals surface area contributed by atoms with E-state index in [4.69, 9.17) is 16.9 Å². The Morgan fingerprint density at radius 3 is 2.88 bits per heavy atom. The monoisotopic (exact) mass is 250 g/mol. The largest absolute Gasteiger partial charge is 0.295 e. The van der Waals surface area contributed by atoms with Crippen LogP contribution in [0.4, 0.5) is 0 Å². The van der Waals surface area contributed by atoms with Crippen LogP contribution in [0.25, 0.3) is 0 Å². The van der Waals surface area contributed by atoms with E-state index < -0.39 is 0 Å². The van der Waals surface area contributed by atoms with Crippen LogP contribution < -0.4 is 0 Å². The van der Waals surface area contributed by atoms with Crippen molar-refractivity contribution in [1.82, 2.24) is 4.90 Å². The number of rotatable bonds is 6. The number of nitriles is 1. The number of carbonyl (C=O) groups is 1. The lowest BCUT2D eigenvalue weighted by molar-refractivity contribution is 0.0935. The van der Waals surface area contributed by atoms with Gasteiger partial charge in [-0.2, -0.15) is 5.26 Å². The predicted octanol–water partition coefficient (Wildman–Crippen LogP) is 2.76. The second kappa shape index (κ2) is 7.05. The molecule has 1 aromatic rings. The van der Waals surface area contributed by atoms with Crippen LogP contribution in [0.15, 0.2) is 24.3 Å². The first kappa shape index (κ1) is 13.7. The molecule has 0 aliphatic carbocycles. The topological polar surface area (TPSA) is 44.1 Å². The van der Waals surface area contributed by atoms with Crippen molar-refractivity contribution in [2.75, 3.05) is 19.6 Å². The summed E-state index contributed by atoms with van der Waals surface area (Å²) in [4.78, 5) is 13.9. The van der Waals surface area contributed by atoms with Gasteiger partial charge in [0.15, 0.2) is 5.78 Å². The third-order valence-electron chi connectivity index (χ3n) is 2.50. The van der Waals surface area contributed by atoms with Crippen molar-refractivity contribution < 1.29 is 4.79 Å². The third kappa shape index (κ3) is 4.56. The second-order valence-electron chi connectivity index (χ2n) is 3.71. The first-order valence-corrected chi connectivity index (χ1v) is 5.93. The van der Waals surface area contributed by atoms with E-state index in [-0.39, 0.29) is 5.78 Å². The molecule has 0 saturated carbocycles. The zero-order chi connectivity index (χ0) is 12.7. The van der Waals surface area contributed by atoms with Crippen molar-refractivity contribution in [3.05, 3.63) is 34.9 Å². The van der Waals surface area contributed by atoms with Crippen molar-refractivity contribution in [3.8, 4) is 6.07 Å². The van der Waals surface area contributed by atoms with Crippen LogP contribution in [0.1, 0.15) is 23.7 Å². The fourth-order valence-corrected chi connectivity index (χ4v) is 1.70. The minimum atomic E-state index is 0.0345. The Morgan fingerprint density at radius 1 is 1.53 bits per heavy atom. The lowest BCUT2D eigenvalue weighted by Gasteiger charge is -2.17. The Bertz CT molecular complexity index is 426. The molecule has 0 spiro atoms. The molecule has 0 amide bonds. The summed E-state index contributed by atoms with van der Waals surface area (Å²) >= 11 is 5.83. The number of benzene rings is 1. The average Bonchev–Trinajstić information content (AvgIpc) is 2.34. The predicted molar refractivity (Wildman–Crippen MR) is 68.1 cm³/mol. The summed E-state index contributed by atoms with van der Waals surface area (Å²) in [6, 6.07) is 9.01. The maximum absolute atomic E-state index is 11.9. The molecule has 0 saturated heterocycles. The Labute approximate surface area is 107 Å². The molecule has 90 valence electrons. The molecule has 1 rings (SSSR count). The quantitative estimate of drug-likeness (QED) is 0.730. The zero-order valence-corrected chi connectivity index (χ0v) is 10.6. The number of hydrogen-bond donors (Lipinski definition) is 0. The Balaban J connectivity index is 2.61. The minimum absolute atomic E-state index is 0.0345. The lowest BCUT2D eigenvalue weighted by Crippen LogP contribution is -2.30. The first-order valence-electron chi connectivity index (χ1n) is 5.55. The summed E-state index contributed by atoms with van der Waals surface area (Å²) in [5, 5.41) is 9.08. The molecule has 0 aliphatic heterocycles.